The molecule has 1 nitrogen and oxygen atoms in total. The molecule has 1 heteroatoms. The second-order valence-corrected chi connectivity index (χ2v) is 3.73. The van der Waals surface area contributed by atoms with Gasteiger partial charge in [0.25, 0.3) is 0 Å². The van der Waals surface area contributed by atoms with E-state index in [0.717, 1.165) is 12.8 Å². The standard InChI is InChI=1S/C12H19N/c1-11(2)7-6-9-12(3)8-4-5-10-13/h4-5,7,12H,6,8-9H2,1-3H3. The van der Waals surface area contributed by atoms with Gasteiger partial charge in [-0.15, -0.1) is 0 Å². The molecule has 0 aromatic carbocycles. The van der Waals surface area contributed by atoms with Gasteiger partial charge in [-0.25, -0.2) is 0 Å². The third-order valence-corrected chi connectivity index (χ3v) is 1.94. The maximum absolute atomic E-state index is 8.28. The van der Waals surface area contributed by atoms with Crippen LogP contribution in [0.1, 0.15) is 40.0 Å². The van der Waals surface area contributed by atoms with Gasteiger partial charge in [0.2, 0.25) is 0 Å². The van der Waals surface area contributed by atoms with Crippen molar-refractivity contribution >= 4 is 0 Å². The lowest BCUT2D eigenvalue weighted by Crippen LogP contribution is -1.91. The molecule has 0 bridgehead atoms. The van der Waals surface area contributed by atoms with Crippen LogP contribution in [-0.4, -0.2) is 0 Å². The summed E-state index contributed by atoms with van der Waals surface area (Å²) < 4.78 is 0. The minimum absolute atomic E-state index is 0.681. The van der Waals surface area contributed by atoms with Crippen molar-refractivity contribution in [1.29, 1.82) is 5.26 Å². The minimum Gasteiger partial charge on any atom is -0.193 e. The van der Waals surface area contributed by atoms with E-state index in [1.165, 1.54) is 12.0 Å². The van der Waals surface area contributed by atoms with Crippen molar-refractivity contribution in [3.63, 3.8) is 0 Å². The van der Waals surface area contributed by atoms with Crippen molar-refractivity contribution in [2.75, 3.05) is 0 Å². The maximum atomic E-state index is 8.28. The SMILES string of the molecule is CC(C)=CCCC(C)CC=CC#N. The van der Waals surface area contributed by atoms with Crippen LogP contribution in [0.5, 0.6) is 0 Å². The van der Waals surface area contributed by atoms with Gasteiger partial charge in [-0.2, -0.15) is 5.26 Å². The molecule has 0 aromatic heterocycles. The Kier molecular flexibility index (Phi) is 7.01. The van der Waals surface area contributed by atoms with Gasteiger partial charge in [0.15, 0.2) is 0 Å². The molecular weight excluding hydrogens is 158 g/mol. The summed E-state index contributed by atoms with van der Waals surface area (Å²) >= 11 is 0. The van der Waals surface area contributed by atoms with E-state index in [1.807, 2.05) is 12.1 Å². The van der Waals surface area contributed by atoms with Crippen LogP contribution in [-0.2, 0) is 0 Å². The van der Waals surface area contributed by atoms with Crippen molar-refractivity contribution in [1.82, 2.24) is 0 Å². The summed E-state index contributed by atoms with van der Waals surface area (Å²) in [6.07, 6.45) is 9.17. The zero-order valence-electron chi connectivity index (χ0n) is 8.88. The summed E-state index contributed by atoms with van der Waals surface area (Å²) in [6.45, 7) is 6.47. The Morgan fingerprint density at radius 2 is 2.15 bits per heavy atom. The van der Waals surface area contributed by atoms with Crippen molar-refractivity contribution in [2.24, 2.45) is 5.92 Å². The molecule has 0 aliphatic rings. The van der Waals surface area contributed by atoms with E-state index in [1.54, 1.807) is 6.08 Å². The molecule has 0 fully saturated rings. The monoisotopic (exact) mass is 177 g/mol. The average Bonchev–Trinajstić information content (AvgIpc) is 2.04. The zero-order chi connectivity index (χ0) is 10.1. The Morgan fingerprint density at radius 3 is 2.69 bits per heavy atom. The lowest BCUT2D eigenvalue weighted by Gasteiger charge is -2.05. The normalized spacial score (nSPS) is 12.5. The van der Waals surface area contributed by atoms with Gasteiger partial charge in [-0.1, -0.05) is 24.6 Å². The Balaban J connectivity index is 3.53. The largest absolute Gasteiger partial charge is 0.193 e. The van der Waals surface area contributed by atoms with Gasteiger partial charge in [0, 0.05) is 6.08 Å². The first-order valence-corrected chi connectivity index (χ1v) is 4.84. The molecule has 0 aliphatic carbocycles. The van der Waals surface area contributed by atoms with E-state index in [0.29, 0.717) is 5.92 Å². The van der Waals surface area contributed by atoms with Crippen LogP contribution >= 0.6 is 0 Å². The first-order chi connectivity index (χ1) is 6.16. The molecule has 0 saturated heterocycles. The van der Waals surface area contributed by atoms with E-state index < -0.39 is 0 Å². The summed E-state index contributed by atoms with van der Waals surface area (Å²) in [4.78, 5) is 0. The Morgan fingerprint density at radius 1 is 1.46 bits per heavy atom. The van der Waals surface area contributed by atoms with Crippen LogP contribution in [0.15, 0.2) is 23.8 Å². The topological polar surface area (TPSA) is 23.8 Å². The molecule has 0 spiro atoms. The van der Waals surface area contributed by atoms with Crippen LogP contribution in [0.3, 0.4) is 0 Å². The van der Waals surface area contributed by atoms with E-state index in [9.17, 15) is 0 Å². The molecule has 0 N–H and O–H groups in total. The molecule has 0 amide bonds. The smallest absolute Gasteiger partial charge is 0.0908 e. The molecule has 1 atom stereocenters. The summed E-state index contributed by atoms with van der Waals surface area (Å²) in [6, 6.07) is 2.00. The van der Waals surface area contributed by atoms with Gasteiger partial charge < -0.3 is 0 Å². The van der Waals surface area contributed by atoms with Crippen LogP contribution in [0.4, 0.5) is 0 Å². The van der Waals surface area contributed by atoms with Crippen LogP contribution < -0.4 is 0 Å². The summed E-state index contributed by atoms with van der Waals surface area (Å²) in [7, 11) is 0. The molecule has 0 aromatic rings. The van der Waals surface area contributed by atoms with E-state index in [4.69, 9.17) is 5.26 Å². The maximum Gasteiger partial charge on any atom is 0.0908 e. The summed E-state index contributed by atoms with van der Waals surface area (Å²) in [5.74, 6) is 0.681. The van der Waals surface area contributed by atoms with E-state index in [-0.39, 0.29) is 0 Å². The molecular formula is C12H19N. The Hall–Kier alpha value is -1.03. The molecule has 0 radical (unpaired) electrons. The van der Waals surface area contributed by atoms with Gasteiger partial charge >= 0.3 is 0 Å². The zero-order valence-corrected chi connectivity index (χ0v) is 8.88. The number of rotatable bonds is 5. The number of nitriles is 1. The van der Waals surface area contributed by atoms with Crippen molar-refractivity contribution in [3.05, 3.63) is 23.8 Å². The third-order valence-electron chi connectivity index (χ3n) is 1.94. The Labute approximate surface area is 81.8 Å². The fourth-order valence-corrected chi connectivity index (χ4v) is 1.13. The molecule has 13 heavy (non-hydrogen) atoms. The highest BCUT2D eigenvalue weighted by atomic mass is 14.2. The average molecular weight is 177 g/mol. The van der Waals surface area contributed by atoms with Crippen LogP contribution in [0.2, 0.25) is 0 Å². The number of hydrogen-bond acceptors (Lipinski definition) is 1. The third kappa shape index (κ3) is 8.88. The van der Waals surface area contributed by atoms with Crippen molar-refractivity contribution < 1.29 is 0 Å². The van der Waals surface area contributed by atoms with Crippen LogP contribution in [0.25, 0.3) is 0 Å². The van der Waals surface area contributed by atoms with Gasteiger partial charge in [-0.05, 0) is 39.0 Å². The highest BCUT2D eigenvalue weighted by Gasteiger charge is 1.97. The van der Waals surface area contributed by atoms with Crippen LogP contribution in [0, 0.1) is 17.2 Å². The second kappa shape index (κ2) is 7.61. The molecule has 0 aliphatic heterocycles. The predicted octanol–water partition coefficient (Wildman–Crippen LogP) is 3.84. The lowest BCUT2D eigenvalue weighted by molar-refractivity contribution is 0.546. The molecule has 0 saturated carbocycles. The number of nitrogens with zero attached hydrogens (tertiary/aromatic N) is 1. The van der Waals surface area contributed by atoms with Crippen molar-refractivity contribution in [2.45, 2.75) is 40.0 Å². The van der Waals surface area contributed by atoms with E-state index >= 15 is 0 Å². The van der Waals surface area contributed by atoms with Crippen molar-refractivity contribution in [3.8, 4) is 6.07 Å². The fraction of sp³-hybridized carbons (Fsp3) is 0.583. The Bertz CT molecular complexity index is 214. The predicted molar refractivity (Wildman–Crippen MR) is 57.2 cm³/mol. The minimum atomic E-state index is 0.681. The summed E-state index contributed by atoms with van der Waals surface area (Å²) in [5, 5.41) is 8.28. The molecule has 0 heterocycles. The second-order valence-electron chi connectivity index (χ2n) is 3.73. The highest BCUT2D eigenvalue weighted by molar-refractivity contribution is 5.01. The van der Waals surface area contributed by atoms with E-state index in [2.05, 4.69) is 26.8 Å². The van der Waals surface area contributed by atoms with Gasteiger partial charge in [-0.3, -0.25) is 0 Å². The highest BCUT2D eigenvalue weighted by Crippen LogP contribution is 2.11. The molecule has 1 unspecified atom stereocenters. The first kappa shape index (κ1) is 12.0. The van der Waals surface area contributed by atoms with Gasteiger partial charge in [0.1, 0.15) is 0 Å². The quantitative estimate of drug-likeness (QED) is 0.462. The fourth-order valence-electron chi connectivity index (χ4n) is 1.13. The lowest BCUT2D eigenvalue weighted by atomic mass is 10.0. The molecule has 72 valence electrons. The molecule has 0 rings (SSSR count). The first-order valence-electron chi connectivity index (χ1n) is 4.84. The summed E-state index contributed by atoms with van der Waals surface area (Å²) in [5.41, 5.74) is 1.39. The number of hydrogen-bond donors (Lipinski definition) is 0. The van der Waals surface area contributed by atoms with Gasteiger partial charge in [0.05, 0.1) is 6.07 Å². The number of allylic oxidation sites excluding steroid dienone is 4.